The molecule has 3 rings (SSSR count). The number of carbonyl (C=O) groups is 1. The van der Waals surface area contributed by atoms with E-state index in [1.165, 1.54) is 33.5 Å². The standard InChI is InChI=1S/C19H19N3O5/c1-11-5-7-12(8-6-11)18-21-22-19(27-18)20-17(23)13-9-14(24-2)16(26-4)15(10-13)25-3/h5-10H,1-4H3,(H,20,22,23). The molecule has 0 aliphatic rings. The molecule has 8 heteroatoms. The zero-order chi connectivity index (χ0) is 19.4. The van der Waals surface area contributed by atoms with Crippen molar-refractivity contribution in [3.05, 3.63) is 47.5 Å². The Morgan fingerprint density at radius 1 is 0.963 bits per heavy atom. The fraction of sp³-hybridized carbons (Fsp3) is 0.211. The van der Waals surface area contributed by atoms with Crippen LogP contribution in [0.5, 0.6) is 17.2 Å². The van der Waals surface area contributed by atoms with Crippen LogP contribution in [0, 0.1) is 6.92 Å². The zero-order valence-corrected chi connectivity index (χ0v) is 15.4. The van der Waals surface area contributed by atoms with E-state index in [1.54, 1.807) is 0 Å². The highest BCUT2D eigenvalue weighted by Gasteiger charge is 2.19. The first kappa shape index (κ1) is 18.2. The van der Waals surface area contributed by atoms with Crippen LogP contribution in [0.1, 0.15) is 15.9 Å². The van der Waals surface area contributed by atoms with Crippen molar-refractivity contribution in [1.29, 1.82) is 0 Å². The first-order chi connectivity index (χ1) is 13.0. The van der Waals surface area contributed by atoms with Crippen LogP contribution < -0.4 is 19.5 Å². The van der Waals surface area contributed by atoms with Crippen LogP contribution in [0.3, 0.4) is 0 Å². The van der Waals surface area contributed by atoms with Crippen molar-refractivity contribution in [2.45, 2.75) is 6.92 Å². The van der Waals surface area contributed by atoms with E-state index in [-0.39, 0.29) is 6.01 Å². The van der Waals surface area contributed by atoms with E-state index in [9.17, 15) is 4.79 Å². The third-order valence-corrected chi connectivity index (χ3v) is 3.87. The number of nitrogens with one attached hydrogen (secondary N) is 1. The van der Waals surface area contributed by atoms with Crippen LogP contribution in [-0.2, 0) is 0 Å². The number of aryl methyl sites for hydroxylation is 1. The minimum Gasteiger partial charge on any atom is -0.493 e. The number of ether oxygens (including phenoxy) is 3. The summed E-state index contributed by atoms with van der Waals surface area (Å²) >= 11 is 0. The molecule has 0 aliphatic heterocycles. The van der Waals surface area contributed by atoms with Gasteiger partial charge in [0.25, 0.3) is 5.91 Å². The van der Waals surface area contributed by atoms with Gasteiger partial charge in [-0.1, -0.05) is 22.8 Å². The molecule has 0 bridgehead atoms. The predicted molar refractivity (Wildman–Crippen MR) is 98.5 cm³/mol. The number of hydrogen-bond donors (Lipinski definition) is 1. The van der Waals surface area contributed by atoms with E-state index in [0.29, 0.717) is 28.7 Å². The molecule has 0 atom stereocenters. The molecule has 1 heterocycles. The zero-order valence-electron chi connectivity index (χ0n) is 15.4. The Morgan fingerprint density at radius 3 is 2.15 bits per heavy atom. The summed E-state index contributed by atoms with van der Waals surface area (Å²) in [5.74, 6) is 1.00. The number of hydrogen-bond acceptors (Lipinski definition) is 7. The second-order valence-electron chi connectivity index (χ2n) is 5.65. The quantitative estimate of drug-likeness (QED) is 0.712. The number of aromatic nitrogens is 2. The van der Waals surface area contributed by atoms with Crippen molar-refractivity contribution >= 4 is 11.9 Å². The molecule has 3 aromatic rings. The summed E-state index contributed by atoms with van der Waals surface area (Å²) in [6.45, 7) is 1.99. The van der Waals surface area contributed by atoms with Gasteiger partial charge in [0.15, 0.2) is 11.5 Å². The van der Waals surface area contributed by atoms with Gasteiger partial charge in [-0.15, -0.1) is 5.10 Å². The highest BCUT2D eigenvalue weighted by molar-refractivity contribution is 6.04. The molecule has 0 aliphatic carbocycles. The largest absolute Gasteiger partial charge is 0.493 e. The molecule has 0 unspecified atom stereocenters. The van der Waals surface area contributed by atoms with Crippen molar-refractivity contribution in [3.8, 4) is 28.7 Å². The van der Waals surface area contributed by atoms with E-state index in [2.05, 4.69) is 15.5 Å². The Labute approximate surface area is 156 Å². The van der Waals surface area contributed by atoms with Gasteiger partial charge >= 0.3 is 6.01 Å². The number of methoxy groups -OCH3 is 3. The first-order valence-corrected chi connectivity index (χ1v) is 8.07. The smallest absolute Gasteiger partial charge is 0.322 e. The second kappa shape index (κ2) is 7.77. The molecule has 1 amide bonds. The molecule has 27 heavy (non-hydrogen) atoms. The number of rotatable bonds is 6. The normalized spacial score (nSPS) is 10.4. The Balaban J connectivity index is 1.82. The highest BCUT2D eigenvalue weighted by Crippen LogP contribution is 2.38. The van der Waals surface area contributed by atoms with Gasteiger partial charge in [0, 0.05) is 11.1 Å². The average molecular weight is 369 g/mol. The summed E-state index contributed by atoms with van der Waals surface area (Å²) in [5, 5.41) is 10.4. The lowest BCUT2D eigenvalue weighted by atomic mass is 10.1. The lowest BCUT2D eigenvalue weighted by Crippen LogP contribution is -2.13. The van der Waals surface area contributed by atoms with Gasteiger partial charge in [-0.3, -0.25) is 10.1 Å². The molecule has 140 valence electrons. The maximum atomic E-state index is 12.5. The number of benzene rings is 2. The predicted octanol–water partition coefficient (Wildman–Crippen LogP) is 3.32. The third kappa shape index (κ3) is 3.84. The van der Waals surface area contributed by atoms with Gasteiger partial charge in [0.1, 0.15) is 0 Å². The average Bonchev–Trinajstić information content (AvgIpc) is 3.15. The Hall–Kier alpha value is -3.55. The lowest BCUT2D eigenvalue weighted by Gasteiger charge is -2.13. The van der Waals surface area contributed by atoms with Crippen molar-refractivity contribution in [3.63, 3.8) is 0 Å². The Morgan fingerprint density at radius 2 is 1.59 bits per heavy atom. The van der Waals surface area contributed by atoms with Crippen LogP contribution in [0.15, 0.2) is 40.8 Å². The summed E-state index contributed by atoms with van der Waals surface area (Å²) < 4.78 is 21.3. The van der Waals surface area contributed by atoms with Crippen LogP contribution in [0.2, 0.25) is 0 Å². The molecule has 1 aromatic heterocycles. The number of amides is 1. The molecule has 0 radical (unpaired) electrons. The van der Waals surface area contributed by atoms with Crippen LogP contribution in [0.25, 0.3) is 11.5 Å². The van der Waals surface area contributed by atoms with Gasteiger partial charge in [-0.2, -0.15) is 0 Å². The Bertz CT molecular complexity index is 925. The minimum atomic E-state index is -0.451. The molecular weight excluding hydrogens is 350 g/mol. The van der Waals surface area contributed by atoms with Crippen molar-refractivity contribution < 1.29 is 23.4 Å². The topological polar surface area (TPSA) is 95.7 Å². The van der Waals surface area contributed by atoms with Crippen LogP contribution >= 0.6 is 0 Å². The van der Waals surface area contributed by atoms with Crippen molar-refractivity contribution in [2.24, 2.45) is 0 Å². The van der Waals surface area contributed by atoms with E-state index in [1.807, 2.05) is 31.2 Å². The number of anilines is 1. The maximum absolute atomic E-state index is 12.5. The van der Waals surface area contributed by atoms with Crippen LogP contribution in [0.4, 0.5) is 6.01 Å². The molecule has 0 fully saturated rings. The van der Waals surface area contributed by atoms with Crippen molar-refractivity contribution in [2.75, 3.05) is 26.6 Å². The lowest BCUT2D eigenvalue weighted by molar-refractivity contribution is 0.102. The fourth-order valence-electron chi connectivity index (χ4n) is 2.47. The summed E-state index contributed by atoms with van der Waals surface area (Å²) in [6.07, 6.45) is 0. The Kier molecular flexibility index (Phi) is 5.25. The molecule has 0 saturated heterocycles. The molecule has 1 N–H and O–H groups in total. The van der Waals surface area contributed by atoms with E-state index >= 15 is 0 Å². The van der Waals surface area contributed by atoms with E-state index < -0.39 is 5.91 Å². The highest BCUT2D eigenvalue weighted by atomic mass is 16.5. The minimum absolute atomic E-state index is 0.00988. The van der Waals surface area contributed by atoms with Crippen molar-refractivity contribution in [1.82, 2.24) is 10.2 Å². The van der Waals surface area contributed by atoms with Gasteiger partial charge < -0.3 is 18.6 Å². The van der Waals surface area contributed by atoms with Gasteiger partial charge in [-0.05, 0) is 31.2 Å². The van der Waals surface area contributed by atoms with E-state index in [0.717, 1.165) is 11.1 Å². The van der Waals surface area contributed by atoms with Crippen LogP contribution in [-0.4, -0.2) is 37.4 Å². The maximum Gasteiger partial charge on any atom is 0.322 e. The molecule has 8 nitrogen and oxygen atoms in total. The monoisotopic (exact) mass is 369 g/mol. The van der Waals surface area contributed by atoms with Gasteiger partial charge in [0.05, 0.1) is 21.3 Å². The van der Waals surface area contributed by atoms with E-state index in [4.69, 9.17) is 18.6 Å². The molecule has 0 saturated carbocycles. The fourth-order valence-corrected chi connectivity index (χ4v) is 2.47. The van der Waals surface area contributed by atoms with Gasteiger partial charge in [-0.25, -0.2) is 0 Å². The molecule has 2 aromatic carbocycles. The third-order valence-electron chi connectivity index (χ3n) is 3.87. The summed E-state index contributed by atoms with van der Waals surface area (Å²) in [7, 11) is 4.45. The molecular formula is C19H19N3O5. The van der Waals surface area contributed by atoms with Gasteiger partial charge in [0.2, 0.25) is 11.6 Å². The number of nitrogens with zero attached hydrogens (tertiary/aromatic N) is 2. The first-order valence-electron chi connectivity index (χ1n) is 8.07. The SMILES string of the molecule is COc1cc(C(=O)Nc2nnc(-c3ccc(C)cc3)o2)cc(OC)c1OC. The molecule has 0 spiro atoms. The summed E-state index contributed by atoms with van der Waals surface area (Å²) in [4.78, 5) is 12.5. The summed E-state index contributed by atoms with van der Waals surface area (Å²) in [5.41, 5.74) is 2.18. The second-order valence-corrected chi connectivity index (χ2v) is 5.65. The number of carbonyl (C=O) groups excluding carboxylic acids is 1. The summed E-state index contributed by atoms with van der Waals surface area (Å²) in [6, 6.07) is 10.7.